The predicted molar refractivity (Wildman–Crippen MR) is 216 cm³/mol. The zero-order chi connectivity index (χ0) is 38.5. The summed E-state index contributed by atoms with van der Waals surface area (Å²) in [7, 11) is 1.40. The van der Waals surface area contributed by atoms with Crippen LogP contribution in [0.4, 0.5) is 0 Å². The summed E-state index contributed by atoms with van der Waals surface area (Å²) in [4.78, 5) is 66.0. The maximum Gasteiger partial charge on any atom is 0.248 e. The zero-order valence-electron chi connectivity index (χ0n) is 32.2. The first-order chi connectivity index (χ1) is 26.7. The van der Waals surface area contributed by atoms with Crippen LogP contribution in [0.3, 0.4) is 0 Å². The molecule has 14 heteroatoms. The number of carbonyl (C=O) groups excluding carboxylic acids is 2. The molecule has 0 saturated carbocycles. The second-order valence-electron chi connectivity index (χ2n) is 15.0. The number of H-pyrrole nitrogens is 2. The highest BCUT2D eigenvalue weighted by Gasteiger charge is 2.38. The van der Waals surface area contributed by atoms with Crippen molar-refractivity contribution >= 4 is 35.1 Å². The van der Waals surface area contributed by atoms with Crippen molar-refractivity contribution in [1.29, 1.82) is 0 Å². The lowest BCUT2D eigenvalue weighted by atomic mass is 10.0. The van der Waals surface area contributed by atoms with E-state index in [2.05, 4.69) is 92.5 Å². The highest BCUT2D eigenvalue weighted by Crippen LogP contribution is 2.35. The average Bonchev–Trinajstić information content (AvgIpc) is 4.04. The van der Waals surface area contributed by atoms with Crippen LogP contribution >= 0.6 is 11.8 Å². The van der Waals surface area contributed by atoms with E-state index in [0.29, 0.717) is 6.54 Å². The molecular weight excluding hydrogens is 715 g/mol. The van der Waals surface area contributed by atoms with E-state index in [1.54, 1.807) is 11.8 Å². The molecule has 4 atom stereocenters. The van der Waals surface area contributed by atoms with Crippen molar-refractivity contribution in [3.63, 3.8) is 0 Å². The van der Waals surface area contributed by atoms with Crippen LogP contribution in [0.15, 0.2) is 70.9 Å². The molecule has 2 fully saturated rings. The van der Waals surface area contributed by atoms with E-state index >= 15 is 0 Å². The molecule has 290 valence electrons. The van der Waals surface area contributed by atoms with Gasteiger partial charge in [0.15, 0.2) is 5.17 Å². The summed E-state index contributed by atoms with van der Waals surface area (Å²) in [6.07, 6.45) is 8.47. The Kier molecular flexibility index (Phi) is 12.0. The topological polar surface area (TPSA) is 153 Å². The lowest BCUT2D eigenvalue weighted by Gasteiger charge is -2.30. The number of aromatic amines is 2. The third kappa shape index (κ3) is 8.50. The third-order valence-electron chi connectivity index (χ3n) is 10.7. The summed E-state index contributed by atoms with van der Waals surface area (Å²) < 4.78 is 0. The largest absolute Gasteiger partial charge is 0.353 e. The zero-order valence-corrected chi connectivity index (χ0v) is 33.0. The van der Waals surface area contributed by atoms with Crippen molar-refractivity contribution in [3.8, 4) is 33.6 Å². The van der Waals surface area contributed by atoms with Crippen molar-refractivity contribution in [2.24, 2.45) is 21.8 Å². The second-order valence-corrected chi connectivity index (χ2v) is 16.1. The molecule has 2 amide bonds. The van der Waals surface area contributed by atoms with Crippen molar-refractivity contribution in [1.82, 2.24) is 35.1 Å². The molecule has 0 bridgehead atoms. The van der Waals surface area contributed by atoms with Crippen molar-refractivity contribution in [2.75, 3.05) is 32.5 Å². The van der Waals surface area contributed by atoms with Crippen LogP contribution in [-0.4, -0.2) is 97.7 Å². The number of amides is 2. The van der Waals surface area contributed by atoms with Gasteiger partial charge in [0.25, 0.3) is 0 Å². The smallest absolute Gasteiger partial charge is 0.248 e. The Morgan fingerprint density at radius 3 is 1.82 bits per heavy atom. The third-order valence-corrected chi connectivity index (χ3v) is 11.6. The van der Waals surface area contributed by atoms with Gasteiger partial charge < -0.3 is 30.0 Å². The molecule has 0 spiro atoms. The van der Waals surface area contributed by atoms with Gasteiger partial charge in [-0.1, -0.05) is 88.0 Å². The van der Waals surface area contributed by atoms with Crippen LogP contribution in [0.5, 0.6) is 0 Å². The number of carbonyl (C=O) groups is 2. The fraction of sp³-hybridized carbons (Fsp3) is 0.463. The minimum atomic E-state index is -0.564. The van der Waals surface area contributed by atoms with E-state index in [0.717, 1.165) is 95.0 Å². The molecule has 3 aliphatic rings. The number of nitrogens with zero attached hydrogens (tertiary/aromatic N) is 6. The lowest BCUT2D eigenvalue weighted by molar-refractivity contribution is -0.188. The second kappa shape index (κ2) is 17.2. The van der Waals surface area contributed by atoms with Gasteiger partial charge in [0.2, 0.25) is 18.2 Å². The van der Waals surface area contributed by atoms with E-state index in [1.165, 1.54) is 13.5 Å². The summed E-state index contributed by atoms with van der Waals surface area (Å²) >= 11 is 1.68. The van der Waals surface area contributed by atoms with E-state index in [4.69, 9.17) is 14.9 Å². The molecule has 2 saturated heterocycles. The first-order valence-corrected chi connectivity index (χ1v) is 20.3. The minimum absolute atomic E-state index is 0.000284. The quantitative estimate of drug-likeness (QED) is 0.0581. The summed E-state index contributed by atoms with van der Waals surface area (Å²) in [5.74, 6) is 2.76. The van der Waals surface area contributed by atoms with Gasteiger partial charge >= 0.3 is 0 Å². The first kappa shape index (κ1) is 38.3. The molecule has 0 unspecified atom stereocenters. The average molecular weight is 766 g/mol. The predicted octanol–water partition coefficient (Wildman–Crippen LogP) is 6.81. The lowest BCUT2D eigenvalue weighted by Crippen LogP contribution is -2.50. The Balaban J connectivity index is 0.993. The number of nitrogens with one attached hydrogen (secondary N) is 3. The fourth-order valence-corrected chi connectivity index (χ4v) is 8.46. The molecular formula is C41H51N9O4S. The Morgan fingerprint density at radius 2 is 1.35 bits per heavy atom. The number of aromatic nitrogens is 4. The van der Waals surface area contributed by atoms with Gasteiger partial charge in [0.05, 0.1) is 49.5 Å². The molecule has 7 rings (SSSR count). The summed E-state index contributed by atoms with van der Waals surface area (Å²) in [5.41, 5.74) is 6.08. The van der Waals surface area contributed by atoms with Crippen LogP contribution in [0, 0.1) is 11.8 Å². The van der Waals surface area contributed by atoms with Crippen LogP contribution in [0.25, 0.3) is 33.6 Å². The maximum atomic E-state index is 13.8. The SMILES string of the molecule is COOC=N[C@H](C(=O)N1CCC[C@H]1c1ncc(-c2ccc(-c3ccc(-c4cnc([C@@H]5CCCN5C(=O)[C@@H](NC5=NCCS5)C(C)C)[nH]4)cc3)cc2)[nH]1)C(C)C. The molecule has 3 aliphatic heterocycles. The number of hydrogen-bond acceptors (Lipinski definition) is 10. The van der Waals surface area contributed by atoms with Crippen molar-refractivity contribution in [3.05, 3.63) is 72.6 Å². The van der Waals surface area contributed by atoms with Crippen LogP contribution in [0.2, 0.25) is 0 Å². The monoisotopic (exact) mass is 765 g/mol. The number of amidine groups is 1. The van der Waals surface area contributed by atoms with E-state index in [-0.39, 0.29) is 41.8 Å². The number of rotatable bonds is 13. The van der Waals surface area contributed by atoms with E-state index in [1.807, 2.05) is 36.0 Å². The summed E-state index contributed by atoms with van der Waals surface area (Å²) in [5, 5.41) is 4.29. The molecule has 3 N–H and O–H groups in total. The number of benzene rings is 2. The molecule has 55 heavy (non-hydrogen) atoms. The van der Waals surface area contributed by atoms with Gasteiger partial charge in [-0.15, -0.1) is 0 Å². The van der Waals surface area contributed by atoms with Crippen molar-refractivity contribution < 1.29 is 19.4 Å². The van der Waals surface area contributed by atoms with Gasteiger partial charge in [0, 0.05) is 18.8 Å². The van der Waals surface area contributed by atoms with Gasteiger partial charge in [-0.3, -0.25) is 14.6 Å². The Bertz CT molecular complexity index is 1990. The summed E-state index contributed by atoms with van der Waals surface area (Å²) in [6, 6.07) is 15.8. The fourth-order valence-electron chi connectivity index (χ4n) is 7.69. The van der Waals surface area contributed by atoms with Crippen molar-refractivity contribution in [2.45, 2.75) is 77.5 Å². The van der Waals surface area contributed by atoms with Gasteiger partial charge in [-0.25, -0.2) is 15.0 Å². The van der Waals surface area contributed by atoms with E-state index in [9.17, 15) is 9.59 Å². The van der Waals surface area contributed by atoms with Gasteiger partial charge in [0.1, 0.15) is 23.7 Å². The molecule has 2 aromatic carbocycles. The maximum absolute atomic E-state index is 13.8. The molecule has 5 heterocycles. The van der Waals surface area contributed by atoms with Crippen LogP contribution in [-0.2, 0) is 19.4 Å². The van der Waals surface area contributed by atoms with Gasteiger partial charge in [-0.2, -0.15) is 4.89 Å². The Morgan fingerprint density at radius 1 is 0.818 bits per heavy atom. The van der Waals surface area contributed by atoms with E-state index < -0.39 is 6.04 Å². The number of imidazole rings is 2. The number of thioether (sulfide) groups is 1. The van der Waals surface area contributed by atoms with Gasteiger partial charge in [-0.05, 0) is 59.8 Å². The minimum Gasteiger partial charge on any atom is -0.353 e. The molecule has 2 aromatic heterocycles. The normalized spacial score (nSPS) is 19.8. The highest BCUT2D eigenvalue weighted by atomic mass is 32.2. The molecule has 0 radical (unpaired) electrons. The van der Waals surface area contributed by atoms with Crippen LogP contribution in [0.1, 0.15) is 77.1 Å². The first-order valence-electron chi connectivity index (χ1n) is 19.3. The Labute approximate surface area is 326 Å². The number of aliphatic imine (C=N–C) groups is 2. The highest BCUT2D eigenvalue weighted by molar-refractivity contribution is 8.14. The number of hydrogen-bond donors (Lipinski definition) is 3. The Hall–Kier alpha value is -4.95. The molecule has 13 nitrogen and oxygen atoms in total. The standard InChI is InChI=1S/C41H51N9O4S/c1-25(2)35(45-24-54-53-5)39(51)49-19-6-8-33(49)37-43-22-31(46-37)29-14-10-27(11-15-29)28-12-16-30(17-13-28)32-23-44-38(47-32)34-9-7-20-50(34)40(52)36(26(3)4)48-41-42-18-21-55-41/h10-17,22-26,33-36H,6-9,18-21H2,1-5H3,(H,42,48)(H,43,46)(H,44,47)/t33-,34-,35-,36-/m0/s1. The van der Waals surface area contributed by atoms with Crippen LogP contribution < -0.4 is 5.32 Å². The number of likely N-dealkylation sites (tertiary alicyclic amines) is 2. The molecule has 4 aromatic rings. The summed E-state index contributed by atoms with van der Waals surface area (Å²) in [6.45, 7) is 10.3. The molecule has 0 aliphatic carbocycles.